The average Bonchev–Trinajstić information content (AvgIpc) is 3.09. The first-order valence-electron chi connectivity index (χ1n) is 7.10. The molecule has 0 spiro atoms. The first-order chi connectivity index (χ1) is 9.70. The minimum absolute atomic E-state index is 0.136. The van der Waals surface area contributed by atoms with Crippen molar-refractivity contribution in [3.8, 4) is 0 Å². The number of carbonyl (C=O) groups excluding carboxylic acids is 1. The maximum Gasteiger partial charge on any atom is 0.236 e. The van der Waals surface area contributed by atoms with Crippen molar-refractivity contribution in [2.45, 2.75) is 37.1 Å². The number of carbonyl (C=O) groups is 1. The molecule has 0 bridgehead atoms. The third kappa shape index (κ3) is 2.46. The second-order valence-corrected chi connectivity index (χ2v) is 6.84. The molecule has 5 nitrogen and oxygen atoms in total. The lowest BCUT2D eigenvalue weighted by atomic mass is 10.0. The molecule has 1 aromatic rings. The first kappa shape index (κ1) is 13.9. The number of ether oxygens (including phenoxy) is 1. The molecule has 1 amide bonds. The van der Waals surface area contributed by atoms with E-state index in [1.54, 1.807) is 18.9 Å². The Morgan fingerprint density at radius 1 is 1.60 bits per heavy atom. The number of hydrogen-bond acceptors (Lipinski definition) is 4. The second kappa shape index (κ2) is 5.77. The van der Waals surface area contributed by atoms with Gasteiger partial charge < -0.3 is 14.2 Å². The summed E-state index contributed by atoms with van der Waals surface area (Å²) in [4.78, 5) is 19.1. The Morgan fingerprint density at radius 2 is 2.45 bits per heavy atom. The minimum atomic E-state index is 0.136. The van der Waals surface area contributed by atoms with Crippen LogP contribution in [-0.4, -0.2) is 51.1 Å². The topological polar surface area (TPSA) is 47.4 Å². The molecule has 2 aliphatic heterocycles. The molecule has 1 fully saturated rings. The van der Waals surface area contributed by atoms with Gasteiger partial charge in [-0.05, 0) is 18.6 Å². The first-order valence-corrected chi connectivity index (χ1v) is 8.15. The lowest BCUT2D eigenvalue weighted by molar-refractivity contribution is -0.135. The molecular formula is C14H21N3O2S. The van der Waals surface area contributed by atoms with E-state index in [0.717, 1.165) is 30.7 Å². The fourth-order valence-corrected chi connectivity index (χ4v) is 4.31. The van der Waals surface area contributed by atoms with Crippen LogP contribution in [0.5, 0.6) is 0 Å². The van der Waals surface area contributed by atoms with Gasteiger partial charge in [0.1, 0.15) is 0 Å². The summed E-state index contributed by atoms with van der Waals surface area (Å²) in [5, 5.41) is 0.139. The van der Waals surface area contributed by atoms with Crippen LogP contribution in [0.1, 0.15) is 24.2 Å². The summed E-state index contributed by atoms with van der Waals surface area (Å²) in [6.07, 6.45) is 4.84. The van der Waals surface area contributed by atoms with E-state index >= 15 is 0 Å². The van der Waals surface area contributed by atoms with Crippen LogP contribution in [0.3, 0.4) is 0 Å². The Labute approximate surface area is 123 Å². The number of hydrogen-bond donors (Lipinski definition) is 0. The Balaban J connectivity index is 1.82. The van der Waals surface area contributed by atoms with Crippen LogP contribution in [0.4, 0.5) is 0 Å². The highest BCUT2D eigenvalue weighted by atomic mass is 32.2. The van der Waals surface area contributed by atoms with Gasteiger partial charge in [-0.3, -0.25) is 4.79 Å². The van der Waals surface area contributed by atoms with E-state index in [4.69, 9.17) is 4.74 Å². The highest BCUT2D eigenvalue weighted by Gasteiger charge is 2.36. The molecule has 1 aromatic heterocycles. The van der Waals surface area contributed by atoms with Gasteiger partial charge in [-0.1, -0.05) is 0 Å². The zero-order chi connectivity index (χ0) is 14.1. The molecule has 3 heterocycles. The Hall–Kier alpha value is -1.01. The molecule has 3 rings (SSSR count). The summed E-state index contributed by atoms with van der Waals surface area (Å²) >= 11 is 1.79. The zero-order valence-electron chi connectivity index (χ0n) is 12.0. The molecule has 20 heavy (non-hydrogen) atoms. The fourth-order valence-electron chi connectivity index (χ4n) is 3.08. The lowest BCUT2D eigenvalue weighted by Crippen LogP contribution is -2.49. The van der Waals surface area contributed by atoms with Gasteiger partial charge in [-0.25, -0.2) is 4.98 Å². The molecule has 6 heteroatoms. The summed E-state index contributed by atoms with van der Waals surface area (Å²) in [7, 11) is 3.71. The largest absolute Gasteiger partial charge is 0.383 e. The van der Waals surface area contributed by atoms with Crippen LogP contribution in [0.15, 0.2) is 6.33 Å². The number of amides is 1. The molecule has 0 radical (unpaired) electrons. The molecule has 0 aliphatic carbocycles. The van der Waals surface area contributed by atoms with Gasteiger partial charge in [0.2, 0.25) is 5.91 Å². The van der Waals surface area contributed by atoms with E-state index in [1.165, 1.54) is 5.69 Å². The highest BCUT2D eigenvalue weighted by Crippen LogP contribution is 2.31. The van der Waals surface area contributed by atoms with Crippen molar-refractivity contribution >= 4 is 17.7 Å². The smallest absolute Gasteiger partial charge is 0.236 e. The van der Waals surface area contributed by atoms with Crippen LogP contribution < -0.4 is 0 Å². The summed E-state index contributed by atoms with van der Waals surface area (Å²) in [5.74, 6) is 1.37. The van der Waals surface area contributed by atoms with E-state index in [9.17, 15) is 4.79 Å². The monoisotopic (exact) mass is 295 g/mol. The summed E-state index contributed by atoms with van der Waals surface area (Å²) in [6.45, 7) is 1.22. The Morgan fingerprint density at radius 3 is 3.15 bits per heavy atom. The summed E-state index contributed by atoms with van der Waals surface area (Å²) in [5.41, 5.74) is 2.27. The van der Waals surface area contributed by atoms with Gasteiger partial charge in [0.15, 0.2) is 0 Å². The number of methoxy groups -OCH3 is 1. The molecule has 2 atom stereocenters. The van der Waals surface area contributed by atoms with Crippen LogP contribution in [0.25, 0.3) is 0 Å². The van der Waals surface area contributed by atoms with E-state index in [-0.39, 0.29) is 17.2 Å². The highest BCUT2D eigenvalue weighted by molar-refractivity contribution is 8.00. The number of aryl methyl sites for hydroxylation is 1. The van der Waals surface area contributed by atoms with Crippen molar-refractivity contribution in [2.75, 3.05) is 19.5 Å². The molecule has 0 saturated carbocycles. The fraction of sp³-hybridized carbons (Fsp3) is 0.714. The number of aromatic nitrogens is 2. The van der Waals surface area contributed by atoms with Crippen LogP contribution in [-0.2, 0) is 29.5 Å². The van der Waals surface area contributed by atoms with Gasteiger partial charge in [-0.15, -0.1) is 11.8 Å². The van der Waals surface area contributed by atoms with E-state index in [1.807, 2.05) is 18.3 Å². The predicted octanol–water partition coefficient (Wildman–Crippen LogP) is 1.22. The molecule has 0 unspecified atom stereocenters. The molecule has 110 valence electrons. The number of rotatable bonds is 3. The quantitative estimate of drug-likeness (QED) is 0.841. The average molecular weight is 295 g/mol. The van der Waals surface area contributed by atoms with Gasteiger partial charge in [0.05, 0.1) is 36.5 Å². The van der Waals surface area contributed by atoms with Crippen molar-refractivity contribution < 1.29 is 9.53 Å². The zero-order valence-corrected chi connectivity index (χ0v) is 12.9. The standard InChI is InChI=1S/C14H21N3O2S/c1-16-9-15-11-7-17(10(8-19-2)6-12(11)16)14(18)13-4-3-5-20-13/h9-10,13H,3-8H2,1-2H3/t10-,13-/m1/s1. The van der Waals surface area contributed by atoms with Crippen molar-refractivity contribution in [1.82, 2.24) is 14.5 Å². The van der Waals surface area contributed by atoms with Crippen molar-refractivity contribution in [1.29, 1.82) is 0 Å². The second-order valence-electron chi connectivity index (χ2n) is 5.53. The SMILES string of the molecule is COC[C@H]1Cc2c(ncn2C)CN1C(=O)[C@H]1CCCS1. The third-order valence-electron chi connectivity index (χ3n) is 4.18. The number of fused-ring (bicyclic) bond motifs is 1. The van der Waals surface area contributed by atoms with Crippen LogP contribution >= 0.6 is 11.8 Å². The normalized spacial score (nSPS) is 25.8. The molecule has 0 N–H and O–H groups in total. The number of thioether (sulfide) groups is 1. The predicted molar refractivity (Wildman–Crippen MR) is 78.6 cm³/mol. The number of imidazole rings is 1. The maximum atomic E-state index is 12.7. The Bertz CT molecular complexity index is 497. The Kier molecular flexibility index (Phi) is 4.03. The van der Waals surface area contributed by atoms with Crippen LogP contribution in [0, 0.1) is 0 Å². The summed E-state index contributed by atoms with van der Waals surface area (Å²) < 4.78 is 7.39. The lowest BCUT2D eigenvalue weighted by Gasteiger charge is -2.36. The molecule has 2 aliphatic rings. The van der Waals surface area contributed by atoms with Crippen LogP contribution in [0.2, 0.25) is 0 Å². The van der Waals surface area contributed by atoms with Gasteiger partial charge >= 0.3 is 0 Å². The molecule has 0 aromatic carbocycles. The van der Waals surface area contributed by atoms with E-state index in [0.29, 0.717) is 13.2 Å². The van der Waals surface area contributed by atoms with Crippen molar-refractivity contribution in [2.24, 2.45) is 7.05 Å². The van der Waals surface area contributed by atoms with E-state index in [2.05, 4.69) is 9.55 Å². The van der Waals surface area contributed by atoms with Crippen molar-refractivity contribution in [3.05, 3.63) is 17.7 Å². The van der Waals surface area contributed by atoms with Gasteiger partial charge in [-0.2, -0.15) is 0 Å². The molecular weight excluding hydrogens is 274 g/mol. The third-order valence-corrected chi connectivity index (χ3v) is 5.55. The molecule has 1 saturated heterocycles. The van der Waals surface area contributed by atoms with Crippen molar-refractivity contribution in [3.63, 3.8) is 0 Å². The minimum Gasteiger partial charge on any atom is -0.383 e. The van der Waals surface area contributed by atoms with E-state index < -0.39 is 0 Å². The van der Waals surface area contributed by atoms with Gasteiger partial charge in [0, 0.05) is 26.3 Å². The maximum absolute atomic E-state index is 12.7. The van der Waals surface area contributed by atoms with Gasteiger partial charge in [0.25, 0.3) is 0 Å². The number of nitrogens with zero attached hydrogens (tertiary/aromatic N) is 3. The summed E-state index contributed by atoms with van der Waals surface area (Å²) in [6, 6.07) is 0.136.